The average Bonchev–Trinajstić information content (AvgIpc) is 2.14. The fraction of sp³-hybridized carbons (Fsp3) is 0.500. The molecule has 0 spiro atoms. The Morgan fingerprint density at radius 1 is 1.64 bits per heavy atom. The molecule has 1 aromatic heterocycles. The van der Waals surface area contributed by atoms with Crippen LogP contribution >= 0.6 is 11.6 Å². The van der Waals surface area contributed by atoms with Crippen molar-refractivity contribution in [2.45, 2.75) is 13.0 Å². The van der Waals surface area contributed by atoms with Crippen molar-refractivity contribution in [3.05, 3.63) is 11.2 Å². The fourth-order valence-electron chi connectivity index (χ4n) is 0.952. The lowest BCUT2D eigenvalue weighted by atomic mass is 10.3. The standard InChI is InChI=1S/C8H13ClN4O/c1-5(4-14)13(2)7-3-6(9)11-8(10)12-7/h3,5,14H,4H2,1-2H3,(H2,10,11,12). The predicted molar refractivity (Wildman–Crippen MR) is 56.4 cm³/mol. The highest BCUT2D eigenvalue weighted by atomic mass is 35.5. The molecule has 6 heteroatoms. The van der Waals surface area contributed by atoms with E-state index >= 15 is 0 Å². The Morgan fingerprint density at radius 2 is 2.29 bits per heavy atom. The number of nitrogens with zero attached hydrogens (tertiary/aromatic N) is 3. The van der Waals surface area contributed by atoms with Gasteiger partial charge in [0, 0.05) is 13.1 Å². The van der Waals surface area contributed by atoms with Crippen molar-refractivity contribution in [1.29, 1.82) is 0 Å². The van der Waals surface area contributed by atoms with Gasteiger partial charge in [0.05, 0.1) is 12.6 Å². The smallest absolute Gasteiger partial charge is 0.223 e. The molecule has 0 aliphatic heterocycles. The number of nitrogens with two attached hydrogens (primary N) is 1. The van der Waals surface area contributed by atoms with E-state index in [1.807, 2.05) is 6.92 Å². The second kappa shape index (κ2) is 4.43. The number of rotatable bonds is 3. The van der Waals surface area contributed by atoms with Crippen molar-refractivity contribution in [2.75, 3.05) is 24.3 Å². The third kappa shape index (κ3) is 2.46. The Labute approximate surface area is 87.5 Å². The zero-order valence-corrected chi connectivity index (χ0v) is 8.86. The van der Waals surface area contributed by atoms with Crippen LogP contribution < -0.4 is 10.6 Å². The summed E-state index contributed by atoms with van der Waals surface area (Å²) >= 11 is 5.72. The minimum atomic E-state index is -0.0413. The van der Waals surface area contributed by atoms with Gasteiger partial charge in [-0.25, -0.2) is 4.98 Å². The summed E-state index contributed by atoms with van der Waals surface area (Å²) < 4.78 is 0. The van der Waals surface area contributed by atoms with Crippen LogP contribution in [0.25, 0.3) is 0 Å². The quantitative estimate of drug-likeness (QED) is 0.721. The van der Waals surface area contributed by atoms with Gasteiger partial charge in [-0.3, -0.25) is 0 Å². The van der Waals surface area contributed by atoms with Gasteiger partial charge in [-0.05, 0) is 6.92 Å². The monoisotopic (exact) mass is 216 g/mol. The molecule has 1 atom stereocenters. The highest BCUT2D eigenvalue weighted by Gasteiger charge is 2.11. The van der Waals surface area contributed by atoms with Gasteiger partial charge in [-0.1, -0.05) is 11.6 Å². The molecule has 78 valence electrons. The molecule has 1 aromatic rings. The second-order valence-corrected chi connectivity index (χ2v) is 3.44. The summed E-state index contributed by atoms with van der Waals surface area (Å²) in [4.78, 5) is 9.53. The van der Waals surface area contributed by atoms with Gasteiger partial charge in [0.15, 0.2) is 0 Å². The summed E-state index contributed by atoms with van der Waals surface area (Å²) in [6, 6.07) is 1.56. The van der Waals surface area contributed by atoms with Crippen LogP contribution in [0, 0.1) is 0 Å². The van der Waals surface area contributed by atoms with Crippen molar-refractivity contribution < 1.29 is 5.11 Å². The Bertz CT molecular complexity index is 300. The molecule has 0 amide bonds. The van der Waals surface area contributed by atoms with Crippen LogP contribution in [0.5, 0.6) is 0 Å². The number of hydrogen-bond acceptors (Lipinski definition) is 5. The van der Waals surface area contributed by atoms with E-state index in [4.69, 9.17) is 22.4 Å². The van der Waals surface area contributed by atoms with E-state index < -0.39 is 0 Å². The molecule has 0 aliphatic carbocycles. The van der Waals surface area contributed by atoms with E-state index in [9.17, 15) is 0 Å². The number of nitrogen functional groups attached to an aromatic ring is 1. The molecule has 0 saturated heterocycles. The van der Waals surface area contributed by atoms with Crippen molar-refractivity contribution >= 4 is 23.4 Å². The average molecular weight is 217 g/mol. The van der Waals surface area contributed by atoms with Gasteiger partial charge in [0.2, 0.25) is 5.95 Å². The van der Waals surface area contributed by atoms with E-state index in [1.165, 1.54) is 0 Å². The maximum atomic E-state index is 8.96. The molecular weight excluding hydrogens is 204 g/mol. The summed E-state index contributed by atoms with van der Waals surface area (Å²) in [5, 5.41) is 9.25. The molecule has 0 saturated carbocycles. The Balaban J connectivity index is 2.94. The lowest BCUT2D eigenvalue weighted by molar-refractivity contribution is 0.270. The molecule has 0 bridgehead atoms. The van der Waals surface area contributed by atoms with Crippen molar-refractivity contribution in [3.8, 4) is 0 Å². The molecule has 1 heterocycles. The van der Waals surface area contributed by atoms with E-state index in [1.54, 1.807) is 18.0 Å². The molecule has 0 fully saturated rings. The first-order chi connectivity index (χ1) is 6.54. The van der Waals surface area contributed by atoms with Crippen molar-refractivity contribution in [3.63, 3.8) is 0 Å². The van der Waals surface area contributed by atoms with Gasteiger partial charge in [-0.2, -0.15) is 4.98 Å². The molecule has 0 radical (unpaired) electrons. The van der Waals surface area contributed by atoms with E-state index in [-0.39, 0.29) is 18.6 Å². The maximum Gasteiger partial charge on any atom is 0.223 e. The zero-order chi connectivity index (χ0) is 10.7. The third-order valence-electron chi connectivity index (χ3n) is 1.99. The number of aliphatic hydroxyl groups excluding tert-OH is 1. The van der Waals surface area contributed by atoms with E-state index in [0.29, 0.717) is 11.0 Å². The Morgan fingerprint density at radius 3 is 2.79 bits per heavy atom. The minimum absolute atomic E-state index is 0.0397. The number of anilines is 2. The largest absolute Gasteiger partial charge is 0.394 e. The lowest BCUT2D eigenvalue weighted by Gasteiger charge is -2.24. The number of aromatic nitrogens is 2. The van der Waals surface area contributed by atoms with Crippen LogP contribution in [0.4, 0.5) is 11.8 Å². The highest BCUT2D eigenvalue weighted by Crippen LogP contribution is 2.17. The van der Waals surface area contributed by atoms with Crippen LogP contribution in [-0.2, 0) is 0 Å². The third-order valence-corrected chi connectivity index (χ3v) is 2.18. The van der Waals surface area contributed by atoms with E-state index in [2.05, 4.69) is 9.97 Å². The van der Waals surface area contributed by atoms with Gasteiger partial charge in [0.1, 0.15) is 11.0 Å². The molecule has 0 aliphatic rings. The van der Waals surface area contributed by atoms with Gasteiger partial charge in [-0.15, -0.1) is 0 Å². The number of likely N-dealkylation sites (N-methyl/N-ethyl adjacent to an activating group) is 1. The summed E-state index contributed by atoms with van der Waals surface area (Å²) in [5.74, 6) is 0.730. The van der Waals surface area contributed by atoms with Gasteiger partial charge < -0.3 is 15.7 Å². The zero-order valence-electron chi connectivity index (χ0n) is 8.11. The topological polar surface area (TPSA) is 75.3 Å². The first-order valence-electron chi connectivity index (χ1n) is 4.18. The van der Waals surface area contributed by atoms with Crippen LogP contribution in [0.15, 0.2) is 6.07 Å². The Hall–Kier alpha value is -1.07. The lowest BCUT2D eigenvalue weighted by Crippen LogP contribution is -2.32. The predicted octanol–water partition coefficient (Wildman–Crippen LogP) is 0.529. The number of halogens is 1. The maximum absolute atomic E-state index is 8.96. The van der Waals surface area contributed by atoms with E-state index in [0.717, 1.165) is 0 Å². The number of hydrogen-bond donors (Lipinski definition) is 2. The van der Waals surface area contributed by atoms with Gasteiger partial charge in [0.25, 0.3) is 0 Å². The summed E-state index contributed by atoms with van der Waals surface area (Å²) in [7, 11) is 1.80. The molecular formula is C8H13ClN4O. The molecule has 14 heavy (non-hydrogen) atoms. The molecule has 5 nitrogen and oxygen atoms in total. The fourth-order valence-corrected chi connectivity index (χ4v) is 1.14. The normalized spacial score (nSPS) is 12.6. The molecule has 1 rings (SSSR count). The van der Waals surface area contributed by atoms with Crippen LogP contribution in [0.2, 0.25) is 5.15 Å². The van der Waals surface area contributed by atoms with Crippen LogP contribution in [0.1, 0.15) is 6.92 Å². The first-order valence-corrected chi connectivity index (χ1v) is 4.56. The highest BCUT2D eigenvalue weighted by molar-refractivity contribution is 6.29. The summed E-state index contributed by atoms with van der Waals surface area (Å²) in [6.45, 7) is 1.91. The van der Waals surface area contributed by atoms with Crippen molar-refractivity contribution in [2.24, 2.45) is 0 Å². The molecule has 3 N–H and O–H groups in total. The molecule has 1 unspecified atom stereocenters. The first kappa shape index (κ1) is 11.0. The summed E-state index contributed by atoms with van der Waals surface area (Å²) in [6.07, 6.45) is 0. The molecule has 0 aromatic carbocycles. The van der Waals surface area contributed by atoms with Crippen LogP contribution in [0.3, 0.4) is 0 Å². The summed E-state index contributed by atoms with van der Waals surface area (Å²) in [5.41, 5.74) is 5.44. The van der Waals surface area contributed by atoms with Crippen LogP contribution in [-0.4, -0.2) is 34.8 Å². The van der Waals surface area contributed by atoms with Crippen molar-refractivity contribution in [1.82, 2.24) is 9.97 Å². The SMILES string of the molecule is CC(CO)N(C)c1cc(Cl)nc(N)n1. The van der Waals surface area contributed by atoms with Gasteiger partial charge >= 0.3 is 0 Å². The second-order valence-electron chi connectivity index (χ2n) is 3.05. The number of aliphatic hydroxyl groups is 1. The Kier molecular flexibility index (Phi) is 3.49. The minimum Gasteiger partial charge on any atom is -0.394 e.